The zero-order chi connectivity index (χ0) is 14.9. The highest BCUT2D eigenvalue weighted by Gasteiger charge is 2.19. The Kier molecular flexibility index (Phi) is 7.03. The molecule has 2 aliphatic rings. The summed E-state index contributed by atoms with van der Waals surface area (Å²) >= 11 is 0. The molecule has 5 heteroatoms. The quantitative estimate of drug-likeness (QED) is 0.399. The third-order valence-corrected chi connectivity index (χ3v) is 4.27. The molecule has 0 aromatic rings. The van der Waals surface area contributed by atoms with Gasteiger partial charge in [-0.1, -0.05) is 37.8 Å². The predicted octanol–water partition coefficient (Wildman–Crippen LogP) is 1.96. The van der Waals surface area contributed by atoms with Crippen LogP contribution in [0.25, 0.3) is 0 Å². The molecule has 5 nitrogen and oxygen atoms in total. The third-order valence-electron chi connectivity index (χ3n) is 4.27. The minimum atomic E-state index is -0.160. The molecule has 0 unspecified atom stereocenters. The lowest BCUT2D eigenvalue weighted by Gasteiger charge is -2.16. The van der Waals surface area contributed by atoms with Crippen LogP contribution in [-0.2, 0) is 4.74 Å². The van der Waals surface area contributed by atoms with E-state index in [-0.39, 0.29) is 24.6 Å². The first-order valence-corrected chi connectivity index (χ1v) is 8.23. The van der Waals surface area contributed by atoms with E-state index in [1.165, 1.54) is 25.7 Å². The normalized spacial score (nSPS) is 26.5. The van der Waals surface area contributed by atoms with Crippen LogP contribution in [0.3, 0.4) is 0 Å². The van der Waals surface area contributed by atoms with Crippen LogP contribution < -0.4 is 10.6 Å². The van der Waals surface area contributed by atoms with Gasteiger partial charge >= 0.3 is 6.03 Å². The van der Waals surface area contributed by atoms with Gasteiger partial charge in [0.25, 0.3) is 0 Å². The number of aliphatic hydroxyl groups is 1. The van der Waals surface area contributed by atoms with Gasteiger partial charge in [-0.3, -0.25) is 0 Å². The molecule has 0 spiro atoms. The number of amides is 2. The monoisotopic (exact) mass is 296 g/mol. The summed E-state index contributed by atoms with van der Waals surface area (Å²) in [6, 6.07) is -0.127. The van der Waals surface area contributed by atoms with Crippen molar-refractivity contribution in [2.24, 2.45) is 5.92 Å². The molecule has 0 aromatic carbocycles. The van der Waals surface area contributed by atoms with Crippen molar-refractivity contribution in [3.63, 3.8) is 0 Å². The lowest BCUT2D eigenvalue weighted by atomic mass is 10.1. The zero-order valence-corrected chi connectivity index (χ0v) is 12.7. The predicted molar refractivity (Wildman–Crippen MR) is 82.1 cm³/mol. The van der Waals surface area contributed by atoms with E-state index in [1.807, 2.05) is 12.2 Å². The molecular formula is C16H28N2O3. The Labute approximate surface area is 127 Å². The molecule has 2 rings (SSSR count). The van der Waals surface area contributed by atoms with Crippen molar-refractivity contribution in [3.8, 4) is 0 Å². The molecule has 0 heterocycles. The summed E-state index contributed by atoms with van der Waals surface area (Å²) in [5.41, 5.74) is 0. The van der Waals surface area contributed by atoms with Gasteiger partial charge in [0.2, 0.25) is 0 Å². The largest absolute Gasteiger partial charge is 0.396 e. The van der Waals surface area contributed by atoms with Crippen molar-refractivity contribution in [1.82, 2.24) is 10.6 Å². The molecule has 1 saturated carbocycles. The topological polar surface area (TPSA) is 70.6 Å². The minimum Gasteiger partial charge on any atom is -0.396 e. The Morgan fingerprint density at radius 3 is 2.62 bits per heavy atom. The van der Waals surface area contributed by atoms with Gasteiger partial charge in [-0.25, -0.2) is 4.79 Å². The van der Waals surface area contributed by atoms with Gasteiger partial charge in [0.05, 0.1) is 12.7 Å². The number of aliphatic hydroxyl groups excluding tert-OH is 1. The minimum absolute atomic E-state index is 0.0323. The first-order valence-electron chi connectivity index (χ1n) is 8.23. The van der Waals surface area contributed by atoms with Gasteiger partial charge in [0, 0.05) is 25.1 Å². The summed E-state index contributed by atoms with van der Waals surface area (Å²) in [5.74, 6) is 0.175. The standard InChI is InChI=1S/C16H28N2O3/c19-12-13-7-8-14(11-13)18-16(20)17-9-10-21-15-5-3-1-2-4-6-15/h7-8,13-15,19H,1-6,9-12H2,(H2,17,18,20)/t13-,14+/m0/s1. The van der Waals surface area contributed by atoms with E-state index in [4.69, 9.17) is 9.84 Å². The number of carbonyl (C=O) groups is 1. The number of ether oxygens (including phenoxy) is 1. The van der Waals surface area contributed by atoms with Crippen molar-refractivity contribution in [2.75, 3.05) is 19.8 Å². The number of carbonyl (C=O) groups excluding carboxylic acids is 1. The van der Waals surface area contributed by atoms with Gasteiger partial charge in [-0.2, -0.15) is 0 Å². The highest BCUT2D eigenvalue weighted by molar-refractivity contribution is 5.74. The molecule has 1 fully saturated rings. The first-order chi connectivity index (χ1) is 10.3. The van der Waals surface area contributed by atoms with Gasteiger partial charge in [0.1, 0.15) is 0 Å². The van der Waals surface area contributed by atoms with Crippen LogP contribution in [0.5, 0.6) is 0 Å². The lowest BCUT2D eigenvalue weighted by Crippen LogP contribution is -2.42. The fourth-order valence-corrected chi connectivity index (χ4v) is 3.04. The van der Waals surface area contributed by atoms with E-state index in [0.717, 1.165) is 19.3 Å². The molecule has 0 aliphatic heterocycles. The number of rotatable bonds is 6. The second kappa shape index (κ2) is 9.05. The van der Waals surface area contributed by atoms with E-state index >= 15 is 0 Å². The van der Waals surface area contributed by atoms with Crippen molar-refractivity contribution >= 4 is 6.03 Å². The molecule has 3 N–H and O–H groups in total. The SMILES string of the molecule is O=C(NCCOC1CCCCCC1)N[C@@H]1C=C[C@H](CO)C1. The maximum Gasteiger partial charge on any atom is 0.315 e. The van der Waals surface area contributed by atoms with E-state index in [1.54, 1.807) is 0 Å². The Bertz CT molecular complexity index is 338. The number of urea groups is 1. The molecule has 0 saturated heterocycles. The highest BCUT2D eigenvalue weighted by atomic mass is 16.5. The van der Waals surface area contributed by atoms with Crippen molar-refractivity contribution in [3.05, 3.63) is 12.2 Å². The van der Waals surface area contributed by atoms with Crippen LogP contribution in [0.4, 0.5) is 4.79 Å². The van der Waals surface area contributed by atoms with Crippen molar-refractivity contribution in [2.45, 2.75) is 57.1 Å². The Morgan fingerprint density at radius 2 is 1.95 bits per heavy atom. The Morgan fingerprint density at radius 1 is 1.19 bits per heavy atom. The first kappa shape index (κ1) is 16.3. The van der Waals surface area contributed by atoms with Gasteiger partial charge in [-0.05, 0) is 19.3 Å². The Hall–Kier alpha value is -1.07. The van der Waals surface area contributed by atoms with Gasteiger partial charge in [0.15, 0.2) is 0 Å². The number of nitrogens with one attached hydrogen (secondary N) is 2. The molecule has 2 amide bonds. The van der Waals surface area contributed by atoms with Crippen LogP contribution in [0.1, 0.15) is 44.9 Å². The van der Waals surface area contributed by atoms with Crippen molar-refractivity contribution in [1.29, 1.82) is 0 Å². The molecule has 21 heavy (non-hydrogen) atoms. The average Bonchev–Trinajstić information content (AvgIpc) is 2.77. The fraction of sp³-hybridized carbons (Fsp3) is 0.812. The van der Waals surface area contributed by atoms with Crippen LogP contribution in [0.2, 0.25) is 0 Å². The summed E-state index contributed by atoms with van der Waals surface area (Å²) < 4.78 is 5.83. The smallest absolute Gasteiger partial charge is 0.315 e. The van der Waals surface area contributed by atoms with Gasteiger partial charge < -0.3 is 20.5 Å². The summed E-state index contributed by atoms with van der Waals surface area (Å²) in [5, 5.41) is 14.8. The third kappa shape index (κ3) is 6.06. The summed E-state index contributed by atoms with van der Waals surface area (Å²) in [6.45, 7) is 1.27. The molecule has 2 atom stereocenters. The maximum atomic E-state index is 11.7. The van der Waals surface area contributed by atoms with Crippen LogP contribution in [0.15, 0.2) is 12.2 Å². The van der Waals surface area contributed by atoms with E-state index < -0.39 is 0 Å². The lowest BCUT2D eigenvalue weighted by molar-refractivity contribution is 0.0460. The molecular weight excluding hydrogens is 268 g/mol. The molecule has 0 aromatic heterocycles. The maximum absolute atomic E-state index is 11.7. The van der Waals surface area contributed by atoms with Crippen molar-refractivity contribution < 1.29 is 14.6 Å². The van der Waals surface area contributed by atoms with E-state index in [0.29, 0.717) is 19.3 Å². The molecule has 120 valence electrons. The average molecular weight is 296 g/mol. The number of hydrogen-bond donors (Lipinski definition) is 3. The molecule has 0 radical (unpaired) electrons. The van der Waals surface area contributed by atoms with Crippen LogP contribution in [0, 0.1) is 5.92 Å². The second-order valence-electron chi connectivity index (χ2n) is 6.05. The fourth-order valence-electron chi connectivity index (χ4n) is 3.04. The zero-order valence-electron chi connectivity index (χ0n) is 12.7. The van der Waals surface area contributed by atoms with Gasteiger partial charge in [-0.15, -0.1) is 0 Å². The summed E-state index contributed by atoms with van der Waals surface area (Å²) in [7, 11) is 0. The van der Waals surface area contributed by atoms with Crippen LogP contribution >= 0.6 is 0 Å². The summed E-state index contributed by atoms with van der Waals surface area (Å²) in [4.78, 5) is 11.7. The van der Waals surface area contributed by atoms with E-state index in [2.05, 4.69) is 10.6 Å². The Balaban J connectivity index is 1.52. The number of hydrogen-bond acceptors (Lipinski definition) is 3. The molecule has 0 bridgehead atoms. The van der Waals surface area contributed by atoms with E-state index in [9.17, 15) is 4.79 Å². The second-order valence-corrected chi connectivity index (χ2v) is 6.05. The van der Waals surface area contributed by atoms with Crippen LogP contribution in [-0.4, -0.2) is 43.0 Å². The molecule has 2 aliphatic carbocycles. The summed E-state index contributed by atoms with van der Waals surface area (Å²) in [6.07, 6.45) is 12.5. The highest BCUT2D eigenvalue weighted by Crippen LogP contribution is 2.19.